The fourth-order valence-corrected chi connectivity index (χ4v) is 3.36. The number of carbonyl (C=O) groups excluding carboxylic acids is 2. The Kier molecular flexibility index (Phi) is 4.72. The number of hydrogen-bond donors (Lipinski definition) is 1. The minimum Gasteiger partial charge on any atom is -0.478 e. The zero-order chi connectivity index (χ0) is 18.0. The van der Waals surface area contributed by atoms with Crippen LogP contribution in [0.15, 0.2) is 53.4 Å². The lowest BCUT2D eigenvalue weighted by Gasteiger charge is -2.12. The maximum atomic E-state index is 12.6. The second-order valence-electron chi connectivity index (χ2n) is 5.43. The van der Waals surface area contributed by atoms with E-state index in [9.17, 15) is 19.5 Å². The van der Waals surface area contributed by atoms with Gasteiger partial charge >= 0.3 is 5.97 Å². The summed E-state index contributed by atoms with van der Waals surface area (Å²) in [7, 11) is 0. The minimum absolute atomic E-state index is 0.0848. The van der Waals surface area contributed by atoms with Gasteiger partial charge in [0, 0.05) is 0 Å². The lowest BCUT2D eigenvalue weighted by atomic mass is 10.1. The maximum Gasteiger partial charge on any atom is 0.336 e. The number of carbonyl (C=O) groups is 3. The molecule has 3 rings (SSSR count). The van der Waals surface area contributed by atoms with Crippen LogP contribution in [0.1, 0.15) is 28.4 Å². The number of benzene rings is 2. The number of nitrogens with zero attached hydrogens (tertiary/aromatic N) is 1. The molecule has 2 amide bonds. The van der Waals surface area contributed by atoms with Gasteiger partial charge < -0.3 is 5.11 Å². The first-order chi connectivity index (χ1) is 12.0. The summed E-state index contributed by atoms with van der Waals surface area (Å²) in [6, 6.07) is 13.6. The van der Waals surface area contributed by atoms with E-state index >= 15 is 0 Å². The summed E-state index contributed by atoms with van der Waals surface area (Å²) in [6.07, 6.45) is 2.32. The van der Waals surface area contributed by atoms with E-state index in [1.807, 2.05) is 19.1 Å². The number of anilines is 1. The Morgan fingerprint density at radius 2 is 1.80 bits per heavy atom. The van der Waals surface area contributed by atoms with Crippen molar-refractivity contribution in [3.8, 4) is 0 Å². The molecule has 1 aliphatic rings. The maximum absolute atomic E-state index is 12.6. The van der Waals surface area contributed by atoms with Crippen LogP contribution in [0.25, 0.3) is 6.08 Å². The third-order valence-electron chi connectivity index (χ3n) is 3.87. The van der Waals surface area contributed by atoms with E-state index in [-0.39, 0.29) is 10.5 Å². The SMILES string of the molecule is CCc1ccc(N2C(=O)S/C(=C/c3ccccc3C(=O)O)C2=O)cc1. The predicted molar refractivity (Wildman–Crippen MR) is 97.7 cm³/mol. The van der Waals surface area contributed by atoms with Gasteiger partial charge in [0.05, 0.1) is 16.2 Å². The molecule has 0 saturated carbocycles. The third kappa shape index (κ3) is 3.34. The Morgan fingerprint density at radius 3 is 2.44 bits per heavy atom. The van der Waals surface area contributed by atoms with Crippen LogP contribution in [0, 0.1) is 0 Å². The van der Waals surface area contributed by atoms with Crippen LogP contribution in [0.3, 0.4) is 0 Å². The van der Waals surface area contributed by atoms with Gasteiger partial charge in [0.25, 0.3) is 11.1 Å². The summed E-state index contributed by atoms with van der Waals surface area (Å²) in [5.74, 6) is -1.53. The first kappa shape index (κ1) is 17.0. The van der Waals surface area contributed by atoms with Gasteiger partial charge in [-0.1, -0.05) is 37.3 Å². The van der Waals surface area contributed by atoms with Crippen LogP contribution >= 0.6 is 11.8 Å². The summed E-state index contributed by atoms with van der Waals surface area (Å²) < 4.78 is 0. The summed E-state index contributed by atoms with van der Waals surface area (Å²) in [5, 5.41) is 8.84. The van der Waals surface area contributed by atoms with E-state index in [0.29, 0.717) is 11.3 Å². The van der Waals surface area contributed by atoms with Crippen LogP contribution in [-0.2, 0) is 11.2 Å². The molecular weight excluding hydrogens is 338 g/mol. The van der Waals surface area contributed by atoms with E-state index in [2.05, 4.69) is 0 Å². The highest BCUT2D eigenvalue weighted by Gasteiger charge is 2.36. The standard InChI is InChI=1S/C19H15NO4S/c1-2-12-7-9-14(10-8-12)20-17(21)16(25-19(20)24)11-13-5-3-4-6-15(13)18(22)23/h3-11H,2H2,1H3,(H,22,23)/b16-11+. The zero-order valence-corrected chi connectivity index (χ0v) is 14.2. The second-order valence-corrected chi connectivity index (χ2v) is 6.42. The van der Waals surface area contributed by atoms with E-state index < -0.39 is 17.1 Å². The normalized spacial score (nSPS) is 15.9. The molecule has 1 N–H and O–H groups in total. The van der Waals surface area contributed by atoms with Crippen LogP contribution in [0.2, 0.25) is 0 Å². The molecule has 0 unspecified atom stereocenters. The average molecular weight is 353 g/mol. The molecule has 2 aromatic carbocycles. The Hall–Kier alpha value is -2.86. The van der Waals surface area contributed by atoms with Crippen molar-refractivity contribution in [2.75, 3.05) is 4.90 Å². The Morgan fingerprint density at radius 1 is 1.12 bits per heavy atom. The molecule has 5 nitrogen and oxygen atoms in total. The molecular formula is C19H15NO4S. The fraction of sp³-hybridized carbons (Fsp3) is 0.105. The number of aryl methyl sites for hydroxylation is 1. The van der Waals surface area contributed by atoms with Crippen molar-refractivity contribution in [1.82, 2.24) is 0 Å². The molecule has 126 valence electrons. The van der Waals surface area contributed by atoms with Crippen molar-refractivity contribution < 1.29 is 19.5 Å². The monoisotopic (exact) mass is 353 g/mol. The number of imide groups is 1. The Bertz CT molecular complexity index is 887. The van der Waals surface area contributed by atoms with E-state index in [1.54, 1.807) is 30.3 Å². The molecule has 0 aliphatic carbocycles. The zero-order valence-electron chi connectivity index (χ0n) is 13.4. The highest BCUT2D eigenvalue weighted by molar-refractivity contribution is 8.19. The van der Waals surface area contributed by atoms with Gasteiger partial charge in [-0.05, 0) is 53.6 Å². The minimum atomic E-state index is -1.08. The van der Waals surface area contributed by atoms with Crippen molar-refractivity contribution in [2.45, 2.75) is 13.3 Å². The Balaban J connectivity index is 1.94. The van der Waals surface area contributed by atoms with Gasteiger partial charge in [-0.25, -0.2) is 9.69 Å². The lowest BCUT2D eigenvalue weighted by molar-refractivity contribution is -0.113. The molecule has 0 bridgehead atoms. The van der Waals surface area contributed by atoms with E-state index in [0.717, 1.165) is 28.6 Å². The molecule has 1 saturated heterocycles. The molecule has 0 aromatic heterocycles. The average Bonchev–Trinajstić information content (AvgIpc) is 2.89. The molecule has 2 aromatic rings. The molecule has 25 heavy (non-hydrogen) atoms. The Labute approximate surface area is 149 Å². The highest BCUT2D eigenvalue weighted by Crippen LogP contribution is 2.36. The van der Waals surface area contributed by atoms with E-state index in [4.69, 9.17) is 0 Å². The van der Waals surface area contributed by atoms with Gasteiger partial charge in [-0.2, -0.15) is 0 Å². The van der Waals surface area contributed by atoms with Gasteiger partial charge in [-0.15, -0.1) is 0 Å². The number of aromatic carboxylic acids is 1. The fourth-order valence-electron chi connectivity index (χ4n) is 2.53. The van der Waals surface area contributed by atoms with Gasteiger partial charge in [0.2, 0.25) is 0 Å². The largest absolute Gasteiger partial charge is 0.478 e. The van der Waals surface area contributed by atoms with Crippen molar-refractivity contribution in [3.05, 3.63) is 70.1 Å². The third-order valence-corrected chi connectivity index (χ3v) is 4.74. The molecule has 6 heteroatoms. The number of carboxylic acid groups (broad SMARTS) is 1. The number of thioether (sulfide) groups is 1. The summed E-state index contributed by atoms with van der Waals surface area (Å²) in [6.45, 7) is 2.03. The van der Waals surface area contributed by atoms with Gasteiger partial charge in [-0.3, -0.25) is 9.59 Å². The molecule has 1 aliphatic heterocycles. The van der Waals surface area contributed by atoms with Crippen LogP contribution in [0.4, 0.5) is 10.5 Å². The number of rotatable bonds is 4. The van der Waals surface area contributed by atoms with Crippen LogP contribution in [0.5, 0.6) is 0 Å². The number of amides is 2. The molecule has 0 spiro atoms. The second kappa shape index (κ2) is 6.94. The first-order valence-corrected chi connectivity index (χ1v) is 8.52. The highest BCUT2D eigenvalue weighted by atomic mass is 32.2. The van der Waals surface area contributed by atoms with Crippen LogP contribution < -0.4 is 4.90 Å². The quantitative estimate of drug-likeness (QED) is 0.834. The van der Waals surface area contributed by atoms with Crippen molar-refractivity contribution >= 4 is 40.6 Å². The van der Waals surface area contributed by atoms with Crippen molar-refractivity contribution in [1.29, 1.82) is 0 Å². The predicted octanol–water partition coefficient (Wildman–Crippen LogP) is 4.19. The summed E-state index contributed by atoms with van der Waals surface area (Å²) in [4.78, 5) is 37.5. The van der Waals surface area contributed by atoms with Crippen molar-refractivity contribution in [2.24, 2.45) is 0 Å². The number of carboxylic acids is 1. The molecule has 0 atom stereocenters. The summed E-state index contributed by atoms with van der Waals surface area (Å²) in [5.41, 5.74) is 2.10. The van der Waals surface area contributed by atoms with Crippen molar-refractivity contribution in [3.63, 3.8) is 0 Å². The molecule has 1 heterocycles. The molecule has 1 fully saturated rings. The number of hydrogen-bond acceptors (Lipinski definition) is 4. The summed E-state index contributed by atoms with van der Waals surface area (Å²) >= 11 is 0.807. The van der Waals surface area contributed by atoms with Gasteiger partial charge in [0.15, 0.2) is 0 Å². The first-order valence-electron chi connectivity index (χ1n) is 7.70. The smallest absolute Gasteiger partial charge is 0.336 e. The lowest BCUT2D eigenvalue weighted by Crippen LogP contribution is -2.27. The van der Waals surface area contributed by atoms with Crippen LogP contribution in [-0.4, -0.2) is 22.2 Å². The topological polar surface area (TPSA) is 74.7 Å². The van der Waals surface area contributed by atoms with Gasteiger partial charge in [0.1, 0.15) is 0 Å². The van der Waals surface area contributed by atoms with E-state index in [1.165, 1.54) is 12.1 Å². The molecule has 0 radical (unpaired) electrons.